The summed E-state index contributed by atoms with van der Waals surface area (Å²) >= 11 is 0. The maximum Gasteiger partial charge on any atom is 0.276 e. The number of imidazole rings is 1. The van der Waals surface area contributed by atoms with Gasteiger partial charge in [-0.1, -0.05) is 6.42 Å². The molecule has 7 nitrogen and oxygen atoms in total. The summed E-state index contributed by atoms with van der Waals surface area (Å²) in [7, 11) is 0. The third kappa shape index (κ3) is 2.87. The lowest BCUT2D eigenvalue weighted by Crippen LogP contribution is -2.25. The molecule has 0 saturated heterocycles. The van der Waals surface area contributed by atoms with Gasteiger partial charge in [0.1, 0.15) is 5.82 Å². The number of hydrogen-bond donors (Lipinski definition) is 4. The summed E-state index contributed by atoms with van der Waals surface area (Å²) in [5, 5.41) is 13.4. The molecule has 3 heterocycles. The molecule has 4 N–H and O–H groups in total. The van der Waals surface area contributed by atoms with Gasteiger partial charge in [0.2, 0.25) is 0 Å². The SMILES string of the molecule is Cl.O=C(Nc1ccc2nc(C3CCC3)[nH]c2c1)c1n[nH]c2c1CNCC2. The Hall–Kier alpha value is -2.38. The van der Waals surface area contributed by atoms with Crippen LogP contribution in [0.2, 0.25) is 0 Å². The van der Waals surface area contributed by atoms with Gasteiger partial charge in [0.25, 0.3) is 5.91 Å². The molecule has 0 radical (unpaired) electrons. The van der Waals surface area contributed by atoms with Crippen molar-refractivity contribution in [3.8, 4) is 0 Å². The maximum absolute atomic E-state index is 12.6. The minimum absolute atomic E-state index is 0. The number of anilines is 1. The second-order valence-corrected chi connectivity index (χ2v) is 6.89. The first-order valence-corrected chi connectivity index (χ1v) is 8.86. The van der Waals surface area contributed by atoms with Crippen LogP contribution in [0.1, 0.15) is 52.8 Å². The molecule has 0 atom stereocenters. The van der Waals surface area contributed by atoms with E-state index in [-0.39, 0.29) is 18.3 Å². The van der Waals surface area contributed by atoms with E-state index in [1.807, 2.05) is 18.2 Å². The Morgan fingerprint density at radius 3 is 2.96 bits per heavy atom. The van der Waals surface area contributed by atoms with Crippen LogP contribution >= 0.6 is 12.4 Å². The molecule has 8 heteroatoms. The van der Waals surface area contributed by atoms with Crippen LogP contribution in [0.25, 0.3) is 11.0 Å². The monoisotopic (exact) mass is 372 g/mol. The molecule has 1 amide bonds. The zero-order valence-electron chi connectivity index (χ0n) is 14.3. The van der Waals surface area contributed by atoms with E-state index in [4.69, 9.17) is 0 Å². The Kier molecular flexibility index (Phi) is 4.42. The predicted molar refractivity (Wildman–Crippen MR) is 102 cm³/mol. The molecule has 3 aromatic rings. The van der Waals surface area contributed by atoms with Crippen molar-refractivity contribution in [2.24, 2.45) is 0 Å². The zero-order chi connectivity index (χ0) is 16.8. The van der Waals surface area contributed by atoms with E-state index in [2.05, 4.69) is 30.8 Å². The number of aromatic nitrogens is 4. The van der Waals surface area contributed by atoms with Crippen LogP contribution in [0.4, 0.5) is 5.69 Å². The average Bonchev–Trinajstić information content (AvgIpc) is 3.16. The Labute approximate surface area is 156 Å². The molecule has 1 aromatic carbocycles. The number of amides is 1. The van der Waals surface area contributed by atoms with Crippen LogP contribution in [0.5, 0.6) is 0 Å². The molecule has 2 aromatic heterocycles. The molecule has 1 aliphatic heterocycles. The summed E-state index contributed by atoms with van der Waals surface area (Å²) in [5.41, 5.74) is 5.16. The molecular weight excluding hydrogens is 352 g/mol. The topological polar surface area (TPSA) is 98.5 Å². The molecule has 1 fully saturated rings. The fraction of sp³-hybridized carbons (Fsp3) is 0.389. The van der Waals surface area contributed by atoms with Crippen LogP contribution in [-0.2, 0) is 13.0 Å². The van der Waals surface area contributed by atoms with Crippen molar-refractivity contribution in [3.05, 3.63) is 41.0 Å². The third-order valence-corrected chi connectivity index (χ3v) is 5.27. The highest BCUT2D eigenvalue weighted by atomic mass is 35.5. The molecule has 0 unspecified atom stereocenters. The van der Waals surface area contributed by atoms with Crippen molar-refractivity contribution < 1.29 is 4.79 Å². The predicted octanol–water partition coefficient (Wildman–Crippen LogP) is 2.87. The second kappa shape index (κ2) is 6.74. The van der Waals surface area contributed by atoms with Crippen molar-refractivity contribution in [2.45, 2.75) is 38.1 Å². The number of aromatic amines is 2. The van der Waals surface area contributed by atoms with Gasteiger partial charge in [-0.3, -0.25) is 9.89 Å². The fourth-order valence-corrected chi connectivity index (χ4v) is 3.59. The number of hydrogen-bond acceptors (Lipinski definition) is 4. The molecular formula is C18H21ClN6O. The number of carbonyl (C=O) groups is 1. The van der Waals surface area contributed by atoms with Crippen molar-refractivity contribution in [1.29, 1.82) is 0 Å². The molecule has 1 aliphatic carbocycles. The normalized spacial score (nSPS) is 16.6. The molecule has 5 rings (SSSR count). The number of halogens is 1. The summed E-state index contributed by atoms with van der Waals surface area (Å²) in [4.78, 5) is 20.7. The Morgan fingerprint density at radius 2 is 2.15 bits per heavy atom. The van der Waals surface area contributed by atoms with E-state index < -0.39 is 0 Å². The number of nitrogens with zero attached hydrogens (tertiary/aromatic N) is 2. The molecule has 0 bridgehead atoms. The van der Waals surface area contributed by atoms with Gasteiger partial charge in [-0.2, -0.15) is 5.10 Å². The van der Waals surface area contributed by atoms with Gasteiger partial charge in [-0.15, -0.1) is 12.4 Å². The van der Waals surface area contributed by atoms with E-state index >= 15 is 0 Å². The lowest BCUT2D eigenvalue weighted by Gasteiger charge is -2.22. The summed E-state index contributed by atoms with van der Waals surface area (Å²) in [6, 6.07) is 5.79. The van der Waals surface area contributed by atoms with Crippen LogP contribution in [-0.4, -0.2) is 32.6 Å². The van der Waals surface area contributed by atoms with Crippen molar-refractivity contribution in [3.63, 3.8) is 0 Å². The Bertz CT molecular complexity index is 958. The van der Waals surface area contributed by atoms with Crippen molar-refractivity contribution in [2.75, 3.05) is 11.9 Å². The number of fused-ring (bicyclic) bond motifs is 2. The molecule has 136 valence electrons. The fourth-order valence-electron chi connectivity index (χ4n) is 3.59. The van der Waals surface area contributed by atoms with Crippen molar-refractivity contribution >= 4 is 35.0 Å². The summed E-state index contributed by atoms with van der Waals surface area (Å²) in [6.07, 6.45) is 4.58. The lowest BCUT2D eigenvalue weighted by molar-refractivity contribution is 0.102. The van der Waals surface area contributed by atoms with Gasteiger partial charge >= 0.3 is 0 Å². The van der Waals surface area contributed by atoms with Gasteiger partial charge in [-0.25, -0.2) is 4.98 Å². The zero-order valence-corrected chi connectivity index (χ0v) is 15.1. The van der Waals surface area contributed by atoms with E-state index in [0.717, 1.165) is 46.8 Å². The summed E-state index contributed by atoms with van der Waals surface area (Å²) in [6.45, 7) is 1.59. The maximum atomic E-state index is 12.6. The standard InChI is InChI=1S/C18H20N6O.ClH/c25-18(16-12-9-19-7-6-13(12)23-24-16)20-11-4-5-14-15(8-11)22-17(21-14)10-2-1-3-10;/h4-5,8,10,19H,1-3,6-7,9H2,(H,20,25)(H,21,22)(H,23,24);1H. The second-order valence-electron chi connectivity index (χ2n) is 6.89. The number of H-pyrrole nitrogens is 2. The Balaban J connectivity index is 0.00000168. The van der Waals surface area contributed by atoms with Crippen LogP contribution in [0, 0.1) is 0 Å². The first-order valence-electron chi connectivity index (χ1n) is 8.86. The highest BCUT2D eigenvalue weighted by molar-refractivity contribution is 6.04. The van der Waals surface area contributed by atoms with Gasteiger partial charge < -0.3 is 15.6 Å². The highest BCUT2D eigenvalue weighted by Gasteiger charge is 2.23. The first-order chi connectivity index (χ1) is 12.3. The molecule has 2 aliphatic rings. The molecule has 0 spiro atoms. The lowest BCUT2D eigenvalue weighted by atomic mass is 9.85. The minimum atomic E-state index is -0.181. The molecule has 26 heavy (non-hydrogen) atoms. The van der Waals surface area contributed by atoms with Gasteiger partial charge in [0.15, 0.2) is 5.69 Å². The van der Waals surface area contributed by atoms with Gasteiger partial charge in [0.05, 0.1) is 11.0 Å². The third-order valence-electron chi connectivity index (χ3n) is 5.27. The highest BCUT2D eigenvalue weighted by Crippen LogP contribution is 2.35. The Morgan fingerprint density at radius 1 is 1.27 bits per heavy atom. The number of benzene rings is 1. The van der Waals surface area contributed by atoms with Crippen molar-refractivity contribution in [1.82, 2.24) is 25.5 Å². The van der Waals surface area contributed by atoms with Gasteiger partial charge in [0, 0.05) is 42.4 Å². The summed E-state index contributed by atoms with van der Waals surface area (Å²) in [5.74, 6) is 1.45. The largest absolute Gasteiger partial charge is 0.342 e. The van der Waals surface area contributed by atoms with Gasteiger partial charge in [-0.05, 0) is 31.0 Å². The van der Waals surface area contributed by atoms with Crippen LogP contribution < -0.4 is 10.6 Å². The smallest absolute Gasteiger partial charge is 0.276 e. The number of nitrogens with one attached hydrogen (secondary N) is 4. The number of carbonyl (C=O) groups excluding carboxylic acids is 1. The molecule has 1 saturated carbocycles. The quantitative estimate of drug-likeness (QED) is 0.568. The number of rotatable bonds is 3. The van der Waals surface area contributed by atoms with E-state index in [0.29, 0.717) is 18.2 Å². The van der Waals surface area contributed by atoms with Crippen LogP contribution in [0.15, 0.2) is 18.2 Å². The first kappa shape index (κ1) is 17.1. The van der Waals surface area contributed by atoms with Crippen LogP contribution in [0.3, 0.4) is 0 Å². The summed E-state index contributed by atoms with van der Waals surface area (Å²) < 4.78 is 0. The van der Waals surface area contributed by atoms with E-state index in [1.165, 1.54) is 19.3 Å². The van der Waals surface area contributed by atoms with E-state index in [1.54, 1.807) is 0 Å². The minimum Gasteiger partial charge on any atom is -0.342 e. The van der Waals surface area contributed by atoms with E-state index in [9.17, 15) is 4.79 Å². The average molecular weight is 373 g/mol.